The smallest absolute Gasteiger partial charge is 0.233 e. The van der Waals surface area contributed by atoms with Gasteiger partial charge in [-0.2, -0.15) is 0 Å². The maximum absolute atomic E-state index is 13.5. The third-order valence-corrected chi connectivity index (χ3v) is 6.78. The van der Waals surface area contributed by atoms with Gasteiger partial charge in [0.1, 0.15) is 0 Å². The van der Waals surface area contributed by atoms with Crippen LogP contribution in [0.4, 0.5) is 0 Å². The molecule has 2 atom stereocenters. The van der Waals surface area contributed by atoms with Crippen LogP contribution in [-0.2, 0) is 23.2 Å². The molecule has 3 heterocycles. The van der Waals surface area contributed by atoms with Gasteiger partial charge < -0.3 is 20.1 Å². The molecule has 0 unspecified atom stereocenters. The second-order valence-electron chi connectivity index (χ2n) is 7.02. The van der Waals surface area contributed by atoms with Crippen molar-refractivity contribution >= 4 is 17.2 Å². The molecule has 1 fully saturated rings. The van der Waals surface area contributed by atoms with Crippen LogP contribution in [0.5, 0.6) is 11.5 Å². The summed E-state index contributed by atoms with van der Waals surface area (Å²) < 4.78 is 10.9. The number of fused-ring (bicyclic) bond motifs is 2. The number of carbonyl (C=O) groups excluding carboxylic acids is 1. The Bertz CT molecular complexity index is 849. The predicted octanol–water partition coefficient (Wildman–Crippen LogP) is 2.28. The molecule has 130 valence electrons. The first-order valence-corrected chi connectivity index (χ1v) is 9.55. The van der Waals surface area contributed by atoms with Gasteiger partial charge in [-0.05, 0) is 60.0 Å². The summed E-state index contributed by atoms with van der Waals surface area (Å²) in [6.45, 7) is 2.27. The normalized spacial score (nSPS) is 26.4. The van der Waals surface area contributed by atoms with Crippen molar-refractivity contribution in [3.63, 3.8) is 0 Å². The minimum Gasteiger partial charge on any atom is -0.454 e. The Hall–Kier alpha value is -2.05. The van der Waals surface area contributed by atoms with E-state index in [1.165, 1.54) is 10.4 Å². The number of ether oxygens (including phenoxy) is 2. The van der Waals surface area contributed by atoms with E-state index in [0.29, 0.717) is 13.1 Å². The highest BCUT2D eigenvalue weighted by Crippen LogP contribution is 2.56. The average Bonchev–Trinajstić information content (AvgIpc) is 2.97. The summed E-state index contributed by atoms with van der Waals surface area (Å²) >= 11 is 1.79. The summed E-state index contributed by atoms with van der Waals surface area (Å²) in [5.41, 5.74) is 7.76. The van der Waals surface area contributed by atoms with E-state index in [1.54, 1.807) is 11.3 Å². The molecule has 2 aromatic rings. The lowest BCUT2D eigenvalue weighted by molar-refractivity contribution is -0.135. The van der Waals surface area contributed by atoms with E-state index in [9.17, 15) is 4.79 Å². The fraction of sp³-hybridized carbons (Fsp3) is 0.421. The number of rotatable bonds is 3. The molecule has 1 saturated carbocycles. The van der Waals surface area contributed by atoms with Crippen molar-refractivity contribution in [2.75, 3.05) is 19.9 Å². The number of nitrogens with zero attached hydrogens (tertiary/aromatic N) is 1. The fourth-order valence-electron chi connectivity index (χ4n) is 4.23. The third kappa shape index (κ3) is 2.20. The minimum absolute atomic E-state index is 0.198. The molecule has 0 radical (unpaired) electrons. The lowest BCUT2D eigenvalue weighted by atomic mass is 9.90. The molecule has 5 rings (SSSR count). The number of hydrogen-bond donors (Lipinski definition) is 1. The van der Waals surface area contributed by atoms with Crippen LogP contribution >= 0.6 is 11.3 Å². The van der Waals surface area contributed by atoms with Crippen molar-refractivity contribution in [1.29, 1.82) is 0 Å². The molecular formula is C19H20N2O3S. The highest BCUT2D eigenvalue weighted by atomic mass is 32.1. The summed E-state index contributed by atoms with van der Waals surface area (Å²) in [5, 5.41) is 2.12. The van der Waals surface area contributed by atoms with E-state index in [-0.39, 0.29) is 18.6 Å². The van der Waals surface area contributed by atoms with Crippen molar-refractivity contribution in [1.82, 2.24) is 4.90 Å². The van der Waals surface area contributed by atoms with Crippen molar-refractivity contribution in [3.05, 3.63) is 45.6 Å². The molecule has 3 aliphatic rings. The SMILES string of the molecule is NC[C@@H]1C[C@@]1(C(=O)N1CCc2sccc2C1)c1ccc2c(c1)OCO2. The Labute approximate surface area is 150 Å². The van der Waals surface area contributed by atoms with Crippen molar-refractivity contribution in [3.8, 4) is 11.5 Å². The largest absolute Gasteiger partial charge is 0.454 e. The molecule has 0 spiro atoms. The highest BCUT2D eigenvalue weighted by molar-refractivity contribution is 7.10. The van der Waals surface area contributed by atoms with Gasteiger partial charge in [-0.1, -0.05) is 6.07 Å². The van der Waals surface area contributed by atoms with Crippen LogP contribution in [0, 0.1) is 5.92 Å². The number of carbonyl (C=O) groups is 1. The second-order valence-corrected chi connectivity index (χ2v) is 8.02. The first kappa shape index (κ1) is 15.2. The Morgan fingerprint density at radius 2 is 2.20 bits per heavy atom. The fourth-order valence-corrected chi connectivity index (χ4v) is 5.12. The van der Waals surface area contributed by atoms with Gasteiger partial charge in [0.05, 0.1) is 5.41 Å². The van der Waals surface area contributed by atoms with E-state index in [0.717, 1.165) is 36.4 Å². The zero-order valence-corrected chi connectivity index (χ0v) is 14.7. The van der Waals surface area contributed by atoms with Crippen LogP contribution in [0.15, 0.2) is 29.6 Å². The van der Waals surface area contributed by atoms with Gasteiger partial charge in [0.2, 0.25) is 12.7 Å². The lowest BCUT2D eigenvalue weighted by Gasteiger charge is -2.31. The predicted molar refractivity (Wildman–Crippen MR) is 94.8 cm³/mol. The number of hydrogen-bond acceptors (Lipinski definition) is 5. The first-order valence-electron chi connectivity index (χ1n) is 8.67. The van der Waals surface area contributed by atoms with Gasteiger partial charge in [0, 0.05) is 18.0 Å². The van der Waals surface area contributed by atoms with Gasteiger partial charge in [-0.25, -0.2) is 0 Å². The topological polar surface area (TPSA) is 64.8 Å². The molecule has 1 aromatic carbocycles. The Kier molecular flexibility index (Phi) is 3.33. The van der Waals surface area contributed by atoms with Gasteiger partial charge in [-0.3, -0.25) is 4.79 Å². The molecule has 2 aliphatic heterocycles. The molecule has 25 heavy (non-hydrogen) atoms. The molecular weight excluding hydrogens is 336 g/mol. The summed E-state index contributed by atoms with van der Waals surface area (Å²) in [6, 6.07) is 8.02. The zero-order valence-electron chi connectivity index (χ0n) is 13.9. The zero-order chi connectivity index (χ0) is 17.0. The van der Waals surface area contributed by atoms with Crippen LogP contribution in [0.1, 0.15) is 22.4 Å². The first-order chi connectivity index (χ1) is 12.2. The molecule has 0 bridgehead atoms. The van der Waals surface area contributed by atoms with Crippen molar-refractivity contribution in [2.45, 2.75) is 24.8 Å². The van der Waals surface area contributed by atoms with Crippen LogP contribution in [0.3, 0.4) is 0 Å². The van der Waals surface area contributed by atoms with Crippen LogP contribution in [-0.4, -0.2) is 30.7 Å². The molecule has 1 aromatic heterocycles. The third-order valence-electron chi connectivity index (χ3n) is 5.75. The second kappa shape index (κ2) is 5.47. The van der Waals surface area contributed by atoms with Crippen LogP contribution in [0.25, 0.3) is 0 Å². The molecule has 1 amide bonds. The minimum atomic E-state index is -0.497. The van der Waals surface area contributed by atoms with Crippen LogP contribution < -0.4 is 15.2 Å². The van der Waals surface area contributed by atoms with E-state index < -0.39 is 5.41 Å². The molecule has 5 nitrogen and oxygen atoms in total. The van der Waals surface area contributed by atoms with E-state index in [4.69, 9.17) is 15.2 Å². The number of thiophene rings is 1. The van der Waals surface area contributed by atoms with E-state index in [1.807, 2.05) is 23.1 Å². The summed E-state index contributed by atoms with van der Waals surface area (Å²) in [7, 11) is 0. The highest BCUT2D eigenvalue weighted by Gasteiger charge is 2.61. The summed E-state index contributed by atoms with van der Waals surface area (Å²) in [4.78, 5) is 16.9. The Morgan fingerprint density at radius 1 is 1.32 bits per heavy atom. The van der Waals surface area contributed by atoms with Crippen molar-refractivity contribution in [2.24, 2.45) is 11.7 Å². The molecule has 1 aliphatic carbocycles. The average molecular weight is 356 g/mol. The molecule has 6 heteroatoms. The monoisotopic (exact) mass is 356 g/mol. The lowest BCUT2D eigenvalue weighted by Crippen LogP contribution is -2.43. The molecule has 0 saturated heterocycles. The summed E-state index contributed by atoms with van der Waals surface area (Å²) in [6.07, 6.45) is 1.76. The van der Waals surface area contributed by atoms with Crippen molar-refractivity contribution < 1.29 is 14.3 Å². The van der Waals surface area contributed by atoms with Gasteiger partial charge in [-0.15, -0.1) is 11.3 Å². The maximum Gasteiger partial charge on any atom is 0.233 e. The van der Waals surface area contributed by atoms with E-state index >= 15 is 0 Å². The summed E-state index contributed by atoms with van der Waals surface area (Å²) in [5.74, 6) is 1.88. The number of amides is 1. The maximum atomic E-state index is 13.5. The van der Waals surface area contributed by atoms with E-state index in [2.05, 4.69) is 11.4 Å². The van der Waals surface area contributed by atoms with Gasteiger partial charge >= 0.3 is 0 Å². The van der Waals surface area contributed by atoms with Crippen LogP contribution in [0.2, 0.25) is 0 Å². The molecule has 2 N–H and O–H groups in total. The Balaban J connectivity index is 1.48. The Morgan fingerprint density at radius 3 is 3.04 bits per heavy atom. The van der Waals surface area contributed by atoms with Gasteiger partial charge in [0.15, 0.2) is 11.5 Å². The quantitative estimate of drug-likeness (QED) is 0.916. The standard InChI is InChI=1S/C19H20N2O3S/c20-9-14-8-19(14,13-1-2-15-16(7-13)24-11-23-15)18(22)21-5-3-17-12(10-21)4-6-25-17/h1-2,4,6-7,14H,3,5,8-11,20H2/t14-,19+/m0/s1. The number of benzene rings is 1. The number of nitrogens with two attached hydrogens (primary N) is 1. The van der Waals surface area contributed by atoms with Gasteiger partial charge in [0.25, 0.3) is 0 Å².